The molecule has 1 atom stereocenters. The summed E-state index contributed by atoms with van der Waals surface area (Å²) in [5.41, 5.74) is 2.34. The van der Waals surface area contributed by atoms with Crippen molar-refractivity contribution >= 4 is 17.4 Å². The summed E-state index contributed by atoms with van der Waals surface area (Å²) in [6.45, 7) is 3.64. The summed E-state index contributed by atoms with van der Waals surface area (Å²) in [4.78, 5) is 25.0. The van der Waals surface area contributed by atoms with Gasteiger partial charge in [0.25, 0.3) is 5.91 Å². The fourth-order valence-electron chi connectivity index (χ4n) is 2.97. The van der Waals surface area contributed by atoms with Crippen LogP contribution in [0.1, 0.15) is 35.3 Å². The molecule has 2 aromatic heterocycles. The van der Waals surface area contributed by atoms with Crippen LogP contribution in [0.25, 0.3) is 5.52 Å². The van der Waals surface area contributed by atoms with Gasteiger partial charge in [-0.1, -0.05) is 38.1 Å². The number of aromatic nitrogens is 1. The van der Waals surface area contributed by atoms with Gasteiger partial charge >= 0.3 is 5.97 Å². The molecule has 28 heavy (non-hydrogen) atoms. The highest BCUT2D eigenvalue weighted by Crippen LogP contribution is 2.19. The Kier molecular flexibility index (Phi) is 5.75. The number of nitriles is 1. The second kappa shape index (κ2) is 8.40. The van der Waals surface area contributed by atoms with Gasteiger partial charge in [0.1, 0.15) is 18.7 Å². The highest BCUT2D eigenvalue weighted by Gasteiger charge is 2.26. The van der Waals surface area contributed by atoms with Gasteiger partial charge in [0.2, 0.25) is 0 Å². The molecule has 1 amide bonds. The highest BCUT2D eigenvalue weighted by atomic mass is 16.5. The van der Waals surface area contributed by atoms with Gasteiger partial charge in [-0.25, -0.2) is 4.79 Å². The molecule has 3 rings (SSSR count). The number of fused-ring (bicyclic) bond motifs is 1. The number of carbonyl (C=O) groups excluding carboxylic acids is 2. The highest BCUT2D eigenvalue weighted by molar-refractivity contribution is 5.96. The third-order valence-corrected chi connectivity index (χ3v) is 4.49. The Balaban J connectivity index is 1.72. The van der Waals surface area contributed by atoms with Crippen molar-refractivity contribution in [3.05, 3.63) is 77.6 Å². The zero-order chi connectivity index (χ0) is 20.1. The number of nitrogens with zero attached hydrogens (tertiary/aromatic N) is 2. The number of nitrogens with one attached hydrogen (secondary N) is 1. The number of benzene rings is 1. The molecule has 0 aliphatic rings. The largest absolute Gasteiger partial charge is 0.459 e. The molecule has 1 aromatic carbocycles. The molecule has 1 N–H and O–H groups in total. The van der Waals surface area contributed by atoms with E-state index in [1.165, 1.54) is 0 Å². The minimum Gasteiger partial charge on any atom is -0.459 e. The molecule has 0 aliphatic carbocycles. The quantitative estimate of drug-likeness (QED) is 0.670. The molecule has 142 valence electrons. The normalized spacial score (nSPS) is 11.8. The number of hydrogen-bond acceptors (Lipinski definition) is 4. The predicted octanol–water partition coefficient (Wildman–Crippen LogP) is 3.31. The molecular weight excluding hydrogens is 354 g/mol. The Morgan fingerprint density at radius 1 is 1.14 bits per heavy atom. The molecule has 0 aliphatic heterocycles. The van der Waals surface area contributed by atoms with Crippen LogP contribution in [0.5, 0.6) is 0 Å². The van der Waals surface area contributed by atoms with Crippen LogP contribution >= 0.6 is 0 Å². The predicted molar refractivity (Wildman–Crippen MR) is 104 cm³/mol. The first-order valence-corrected chi connectivity index (χ1v) is 9.02. The van der Waals surface area contributed by atoms with Crippen molar-refractivity contribution in [2.24, 2.45) is 5.92 Å². The molecule has 0 fully saturated rings. The molecule has 0 spiro atoms. The van der Waals surface area contributed by atoms with Crippen LogP contribution in [0.15, 0.2) is 60.9 Å². The van der Waals surface area contributed by atoms with E-state index in [0.717, 1.165) is 5.52 Å². The third-order valence-electron chi connectivity index (χ3n) is 4.49. The number of amides is 1. The first-order chi connectivity index (χ1) is 13.5. The average Bonchev–Trinajstić information content (AvgIpc) is 3.07. The monoisotopic (exact) mass is 375 g/mol. The van der Waals surface area contributed by atoms with Gasteiger partial charge in [-0.05, 0) is 30.2 Å². The Morgan fingerprint density at radius 2 is 1.86 bits per heavy atom. The van der Waals surface area contributed by atoms with Crippen molar-refractivity contribution in [2.45, 2.75) is 26.5 Å². The molecule has 2 heterocycles. The lowest BCUT2D eigenvalue weighted by Crippen LogP contribution is -2.45. The number of rotatable bonds is 6. The minimum atomic E-state index is -0.782. The number of carbonyl (C=O) groups is 2. The van der Waals surface area contributed by atoms with Gasteiger partial charge in [-0.15, -0.1) is 0 Å². The van der Waals surface area contributed by atoms with E-state index in [2.05, 4.69) is 11.4 Å². The third kappa shape index (κ3) is 4.04. The molecule has 6 nitrogen and oxygen atoms in total. The lowest BCUT2D eigenvalue weighted by Gasteiger charge is -2.20. The van der Waals surface area contributed by atoms with Gasteiger partial charge in [-0.2, -0.15) is 5.26 Å². The zero-order valence-electron chi connectivity index (χ0n) is 15.8. The van der Waals surface area contributed by atoms with Gasteiger partial charge < -0.3 is 14.5 Å². The van der Waals surface area contributed by atoms with Gasteiger partial charge in [0, 0.05) is 23.5 Å². The van der Waals surface area contributed by atoms with E-state index >= 15 is 0 Å². The standard InChI is InChI=1S/C22H21N3O3/c1-15(2)20(24-21(26)16-8-4-3-5-9-16)22(27)28-14-17-13-25-11-7-6-10-19(25)18(17)12-23/h3-11,13,15,20H,14H2,1-2H3,(H,24,26)/t20-/m0/s1. The van der Waals surface area contributed by atoms with Crippen LogP contribution in [0, 0.1) is 17.2 Å². The molecule has 0 bridgehead atoms. The van der Waals surface area contributed by atoms with E-state index in [-0.39, 0.29) is 18.4 Å². The van der Waals surface area contributed by atoms with Crippen molar-refractivity contribution < 1.29 is 14.3 Å². The van der Waals surface area contributed by atoms with Crippen molar-refractivity contribution in [2.75, 3.05) is 0 Å². The number of ether oxygens (including phenoxy) is 1. The number of esters is 1. The number of hydrogen-bond donors (Lipinski definition) is 1. The molecule has 3 aromatic rings. The van der Waals surface area contributed by atoms with Crippen LogP contribution in [0.2, 0.25) is 0 Å². The van der Waals surface area contributed by atoms with E-state index < -0.39 is 12.0 Å². The second-order valence-electron chi connectivity index (χ2n) is 6.80. The topological polar surface area (TPSA) is 83.6 Å². The van der Waals surface area contributed by atoms with Crippen LogP contribution in [0.3, 0.4) is 0 Å². The molecule has 0 saturated carbocycles. The fraction of sp³-hybridized carbons (Fsp3) is 0.227. The van der Waals surface area contributed by atoms with Crippen LogP contribution in [-0.4, -0.2) is 22.3 Å². The maximum Gasteiger partial charge on any atom is 0.329 e. The van der Waals surface area contributed by atoms with Gasteiger partial charge in [-0.3, -0.25) is 4.79 Å². The minimum absolute atomic E-state index is 0.0339. The first-order valence-electron chi connectivity index (χ1n) is 9.02. The van der Waals surface area contributed by atoms with Crippen molar-refractivity contribution in [1.82, 2.24) is 9.72 Å². The Hall–Kier alpha value is -3.59. The van der Waals surface area contributed by atoms with Crippen LogP contribution < -0.4 is 5.32 Å². The number of pyridine rings is 1. The van der Waals surface area contributed by atoms with E-state index in [4.69, 9.17) is 4.74 Å². The van der Waals surface area contributed by atoms with Crippen molar-refractivity contribution in [3.63, 3.8) is 0 Å². The summed E-state index contributed by atoms with van der Waals surface area (Å²) in [7, 11) is 0. The van der Waals surface area contributed by atoms with Crippen LogP contribution in [0.4, 0.5) is 0 Å². The summed E-state index contributed by atoms with van der Waals surface area (Å²) in [5, 5.41) is 12.2. The maximum absolute atomic E-state index is 12.6. The summed E-state index contributed by atoms with van der Waals surface area (Å²) in [5.74, 6) is -1.01. The zero-order valence-corrected chi connectivity index (χ0v) is 15.8. The summed E-state index contributed by atoms with van der Waals surface area (Å²) < 4.78 is 7.26. The van der Waals surface area contributed by atoms with E-state index in [9.17, 15) is 14.9 Å². The van der Waals surface area contributed by atoms with Crippen molar-refractivity contribution in [1.29, 1.82) is 5.26 Å². The Labute approximate surface area is 163 Å². The molecule has 0 unspecified atom stereocenters. The van der Waals surface area contributed by atoms with E-state index in [0.29, 0.717) is 16.7 Å². The van der Waals surface area contributed by atoms with E-state index in [1.807, 2.05) is 48.7 Å². The summed E-state index contributed by atoms with van der Waals surface area (Å²) >= 11 is 0. The lowest BCUT2D eigenvalue weighted by molar-refractivity contribution is -0.148. The SMILES string of the molecule is CC(C)[C@H](NC(=O)c1ccccc1)C(=O)OCc1cn2ccccc2c1C#N. The lowest BCUT2D eigenvalue weighted by atomic mass is 10.0. The Bertz CT molecular complexity index is 1030. The molecule has 0 saturated heterocycles. The van der Waals surface area contributed by atoms with Gasteiger partial charge in [0.05, 0.1) is 11.1 Å². The maximum atomic E-state index is 12.6. The molecular formula is C22H21N3O3. The fourth-order valence-corrected chi connectivity index (χ4v) is 2.97. The molecule has 6 heteroatoms. The molecule has 0 radical (unpaired) electrons. The smallest absolute Gasteiger partial charge is 0.329 e. The van der Waals surface area contributed by atoms with Crippen molar-refractivity contribution in [3.8, 4) is 6.07 Å². The second-order valence-corrected chi connectivity index (χ2v) is 6.80. The summed E-state index contributed by atoms with van der Waals surface area (Å²) in [6.07, 6.45) is 3.60. The van der Waals surface area contributed by atoms with Crippen LogP contribution in [-0.2, 0) is 16.1 Å². The average molecular weight is 375 g/mol. The first kappa shape index (κ1) is 19.2. The van der Waals surface area contributed by atoms with Gasteiger partial charge in [0.15, 0.2) is 0 Å². The summed E-state index contributed by atoms with van der Waals surface area (Å²) in [6, 6.07) is 15.6. The Morgan fingerprint density at radius 3 is 2.54 bits per heavy atom. The van der Waals surface area contributed by atoms with E-state index in [1.54, 1.807) is 30.5 Å².